The minimum atomic E-state index is 0. The normalized spacial score (nSPS) is 12.0. The summed E-state index contributed by atoms with van der Waals surface area (Å²) in [7, 11) is 5.75. The van der Waals surface area contributed by atoms with Gasteiger partial charge in [0, 0.05) is 27.1 Å². The second kappa shape index (κ2) is 7.03. The van der Waals surface area contributed by atoms with Gasteiger partial charge in [0.2, 0.25) is 0 Å². The number of nitrogens with zero attached hydrogens (tertiary/aromatic N) is 1. The van der Waals surface area contributed by atoms with Crippen molar-refractivity contribution in [2.45, 2.75) is 13.0 Å². The molecular formula is C11H16NOW-. The molecule has 1 aromatic rings. The molecule has 0 aromatic heterocycles. The number of likely N-dealkylation sites (N-methyl/N-ethyl adjacent to an activating group) is 1. The molecule has 0 radical (unpaired) electrons. The van der Waals surface area contributed by atoms with Crippen LogP contribution in [0.2, 0.25) is 0 Å². The average Bonchev–Trinajstić information content (AvgIpc) is 2.15. The average molecular weight is 362 g/mol. The maximum absolute atomic E-state index is 5.55. The summed E-state index contributed by atoms with van der Waals surface area (Å²) < 4.78 is 5.55. The maximum Gasteiger partial charge on any atom is 0.119 e. The molecule has 3 heteroatoms. The number of rotatable bonds is 4. The minimum absolute atomic E-state index is 0. The Hall–Kier alpha value is -0.332. The van der Waals surface area contributed by atoms with Gasteiger partial charge in [-0.3, -0.25) is 7.05 Å². The van der Waals surface area contributed by atoms with Crippen molar-refractivity contribution in [2.75, 3.05) is 13.7 Å². The first-order valence-corrected chi connectivity index (χ1v) is 4.41. The molecule has 0 fully saturated rings. The van der Waals surface area contributed by atoms with Gasteiger partial charge in [-0.1, -0.05) is 18.2 Å². The molecule has 1 rings (SSSR count). The van der Waals surface area contributed by atoms with Crippen molar-refractivity contribution in [3.63, 3.8) is 0 Å². The van der Waals surface area contributed by atoms with Crippen LogP contribution in [0.15, 0.2) is 30.3 Å². The zero-order valence-electron chi connectivity index (χ0n) is 8.64. The van der Waals surface area contributed by atoms with Crippen LogP contribution in [0, 0.1) is 7.05 Å². The number of ether oxygens (including phenoxy) is 1. The van der Waals surface area contributed by atoms with E-state index in [1.165, 1.54) is 0 Å². The predicted octanol–water partition coefficient (Wildman–Crippen LogP) is 2.17. The first-order valence-electron chi connectivity index (χ1n) is 4.41. The van der Waals surface area contributed by atoms with Crippen molar-refractivity contribution < 1.29 is 25.8 Å². The van der Waals surface area contributed by atoms with Crippen LogP contribution in [0.1, 0.15) is 6.92 Å². The molecule has 2 nitrogen and oxygen atoms in total. The Morgan fingerprint density at radius 2 is 1.93 bits per heavy atom. The monoisotopic (exact) mass is 362 g/mol. The number of hydrogen-bond donors (Lipinski definition) is 0. The first kappa shape index (κ1) is 13.7. The van der Waals surface area contributed by atoms with E-state index in [-0.39, 0.29) is 21.1 Å². The van der Waals surface area contributed by atoms with E-state index in [1.54, 1.807) is 0 Å². The summed E-state index contributed by atoms with van der Waals surface area (Å²) in [6.45, 7) is 2.75. The standard InChI is InChI=1S/C11H16NO.W/c1-10(12(2)3)9-13-11-7-5-4-6-8-11;/h4-8,10H,2,9H2,1,3H3;/q-1;. The Balaban J connectivity index is 0.00000169. The Labute approximate surface area is 101 Å². The van der Waals surface area contributed by atoms with E-state index in [4.69, 9.17) is 4.74 Å². The van der Waals surface area contributed by atoms with Crippen LogP contribution >= 0.6 is 0 Å². The van der Waals surface area contributed by atoms with Gasteiger partial charge in [-0.25, -0.2) is 0 Å². The molecule has 0 bridgehead atoms. The molecule has 0 saturated heterocycles. The smallest absolute Gasteiger partial charge is 0.119 e. The number of hydrogen-bond acceptors (Lipinski definition) is 2. The molecule has 1 aromatic carbocycles. The van der Waals surface area contributed by atoms with Gasteiger partial charge in [0.15, 0.2) is 0 Å². The molecule has 0 N–H and O–H groups in total. The largest absolute Gasteiger partial charge is 0.492 e. The number of benzene rings is 1. The van der Waals surface area contributed by atoms with Crippen LogP contribution in [0.4, 0.5) is 0 Å². The van der Waals surface area contributed by atoms with Crippen LogP contribution < -0.4 is 4.74 Å². The molecule has 0 heterocycles. The fraction of sp³-hybridized carbons (Fsp3) is 0.364. The van der Waals surface area contributed by atoms with Gasteiger partial charge in [-0.15, -0.1) is 0 Å². The molecule has 0 aliphatic heterocycles. The van der Waals surface area contributed by atoms with Gasteiger partial charge >= 0.3 is 0 Å². The summed E-state index contributed by atoms with van der Waals surface area (Å²) in [6, 6.07) is 10.2. The third-order valence-corrected chi connectivity index (χ3v) is 1.99. The van der Waals surface area contributed by atoms with Crippen molar-refractivity contribution in [3.05, 3.63) is 37.4 Å². The zero-order valence-corrected chi connectivity index (χ0v) is 11.6. The third kappa shape index (κ3) is 4.78. The summed E-state index contributed by atoms with van der Waals surface area (Å²) in [4.78, 5) is 1.89. The van der Waals surface area contributed by atoms with Crippen LogP contribution in [0.25, 0.3) is 0 Å². The van der Waals surface area contributed by atoms with Gasteiger partial charge in [0.05, 0.1) is 0 Å². The predicted molar refractivity (Wildman–Crippen MR) is 54.5 cm³/mol. The van der Waals surface area contributed by atoms with E-state index in [1.807, 2.05) is 42.3 Å². The second-order valence-electron chi connectivity index (χ2n) is 3.23. The summed E-state index contributed by atoms with van der Waals surface area (Å²) in [5.74, 6) is 0.913. The Morgan fingerprint density at radius 3 is 2.43 bits per heavy atom. The van der Waals surface area contributed by atoms with E-state index in [2.05, 4.69) is 14.0 Å². The van der Waals surface area contributed by atoms with Gasteiger partial charge in [0.25, 0.3) is 0 Å². The van der Waals surface area contributed by atoms with E-state index in [9.17, 15) is 0 Å². The summed E-state index contributed by atoms with van der Waals surface area (Å²) >= 11 is 0. The fourth-order valence-electron chi connectivity index (χ4n) is 0.861. The minimum Gasteiger partial charge on any atom is -0.492 e. The maximum atomic E-state index is 5.55. The third-order valence-electron chi connectivity index (χ3n) is 1.99. The Kier molecular flexibility index (Phi) is 6.86. The van der Waals surface area contributed by atoms with Gasteiger partial charge in [-0.2, -0.15) is 0 Å². The van der Waals surface area contributed by atoms with Gasteiger partial charge in [-0.05, 0) is 26.1 Å². The van der Waals surface area contributed by atoms with E-state index >= 15 is 0 Å². The van der Waals surface area contributed by atoms with Crippen LogP contribution in [-0.4, -0.2) is 24.6 Å². The van der Waals surface area contributed by atoms with Crippen LogP contribution in [0.3, 0.4) is 0 Å². The van der Waals surface area contributed by atoms with Crippen molar-refractivity contribution in [3.8, 4) is 5.75 Å². The fourth-order valence-corrected chi connectivity index (χ4v) is 0.861. The molecule has 1 atom stereocenters. The Bertz CT molecular complexity index is 238. The molecular weight excluding hydrogens is 346 g/mol. The van der Waals surface area contributed by atoms with E-state index in [0.717, 1.165) is 5.75 Å². The quantitative estimate of drug-likeness (QED) is 0.762. The van der Waals surface area contributed by atoms with Crippen molar-refractivity contribution in [1.29, 1.82) is 0 Å². The molecule has 0 aliphatic carbocycles. The molecule has 1 unspecified atom stereocenters. The molecule has 0 saturated carbocycles. The summed E-state index contributed by atoms with van der Waals surface area (Å²) in [5.41, 5.74) is 0. The Morgan fingerprint density at radius 1 is 1.36 bits per heavy atom. The van der Waals surface area contributed by atoms with Gasteiger partial charge < -0.3 is 9.64 Å². The van der Waals surface area contributed by atoms with Crippen molar-refractivity contribution >= 4 is 0 Å². The summed E-state index contributed by atoms with van der Waals surface area (Å²) in [6.07, 6.45) is 0. The molecule has 0 spiro atoms. The van der Waals surface area contributed by atoms with Crippen molar-refractivity contribution in [1.82, 2.24) is 4.90 Å². The molecule has 78 valence electrons. The van der Waals surface area contributed by atoms with Crippen LogP contribution in [-0.2, 0) is 21.1 Å². The topological polar surface area (TPSA) is 12.5 Å². The van der Waals surface area contributed by atoms with E-state index in [0.29, 0.717) is 12.6 Å². The van der Waals surface area contributed by atoms with Crippen molar-refractivity contribution in [2.24, 2.45) is 0 Å². The SMILES string of the molecule is [CH2-]N(C)C(C)COc1ccccc1.[W]. The molecule has 0 amide bonds. The number of para-hydroxylation sites is 1. The van der Waals surface area contributed by atoms with Crippen LogP contribution in [0.5, 0.6) is 5.75 Å². The van der Waals surface area contributed by atoms with E-state index < -0.39 is 0 Å². The first-order chi connectivity index (χ1) is 6.20. The molecule has 0 aliphatic rings. The zero-order chi connectivity index (χ0) is 9.68. The second-order valence-corrected chi connectivity index (χ2v) is 3.23. The summed E-state index contributed by atoms with van der Waals surface area (Å²) in [5, 5.41) is 0. The molecule has 14 heavy (non-hydrogen) atoms. The van der Waals surface area contributed by atoms with Gasteiger partial charge in [0.1, 0.15) is 12.4 Å².